The number of rotatable bonds is 3. The highest BCUT2D eigenvalue weighted by molar-refractivity contribution is 5.98. The van der Waals surface area contributed by atoms with E-state index in [1.807, 2.05) is 6.92 Å². The van der Waals surface area contributed by atoms with Gasteiger partial charge >= 0.3 is 5.97 Å². The van der Waals surface area contributed by atoms with Crippen molar-refractivity contribution in [2.24, 2.45) is 5.92 Å². The second kappa shape index (κ2) is 7.62. The first-order chi connectivity index (χ1) is 7.51. The third kappa shape index (κ3) is 5.95. The van der Waals surface area contributed by atoms with Gasteiger partial charge in [-0.3, -0.25) is 14.9 Å². The van der Waals surface area contributed by atoms with Crippen molar-refractivity contribution in [2.75, 3.05) is 0 Å². The summed E-state index contributed by atoms with van der Waals surface area (Å²) in [5.41, 5.74) is 0. The summed E-state index contributed by atoms with van der Waals surface area (Å²) in [7, 11) is 0. The lowest BCUT2D eigenvalue weighted by molar-refractivity contribution is -0.136. The SMILES string of the molecule is C=CC(=O)O.CCCC1CCC(=O)NC1=O. The zero-order valence-electron chi connectivity index (χ0n) is 9.36. The minimum Gasteiger partial charge on any atom is -0.478 e. The van der Waals surface area contributed by atoms with Gasteiger partial charge in [0.25, 0.3) is 0 Å². The summed E-state index contributed by atoms with van der Waals surface area (Å²) in [5.74, 6) is -1.10. The molecule has 0 aliphatic carbocycles. The summed E-state index contributed by atoms with van der Waals surface area (Å²) in [5, 5.41) is 9.94. The van der Waals surface area contributed by atoms with E-state index in [9.17, 15) is 14.4 Å². The van der Waals surface area contributed by atoms with Crippen molar-refractivity contribution >= 4 is 17.8 Å². The predicted octanol–water partition coefficient (Wildman–Crippen LogP) is 1.10. The number of carboxylic acid groups (broad SMARTS) is 1. The normalized spacial score (nSPS) is 19.2. The van der Waals surface area contributed by atoms with Crippen LogP contribution >= 0.6 is 0 Å². The van der Waals surface area contributed by atoms with Crippen LogP contribution in [0.1, 0.15) is 32.6 Å². The van der Waals surface area contributed by atoms with E-state index in [0.29, 0.717) is 6.42 Å². The van der Waals surface area contributed by atoms with Gasteiger partial charge < -0.3 is 5.11 Å². The number of imide groups is 1. The van der Waals surface area contributed by atoms with Crippen molar-refractivity contribution in [3.05, 3.63) is 12.7 Å². The van der Waals surface area contributed by atoms with E-state index in [0.717, 1.165) is 25.3 Å². The van der Waals surface area contributed by atoms with Gasteiger partial charge in [0.15, 0.2) is 0 Å². The summed E-state index contributed by atoms with van der Waals surface area (Å²) in [6, 6.07) is 0. The fourth-order valence-electron chi connectivity index (χ4n) is 1.36. The quantitative estimate of drug-likeness (QED) is 0.558. The molecule has 16 heavy (non-hydrogen) atoms. The highest BCUT2D eigenvalue weighted by Gasteiger charge is 2.25. The van der Waals surface area contributed by atoms with Gasteiger partial charge in [-0.15, -0.1) is 0 Å². The number of carboxylic acids is 1. The lowest BCUT2D eigenvalue weighted by Gasteiger charge is -2.19. The zero-order valence-corrected chi connectivity index (χ0v) is 9.36. The molecule has 2 N–H and O–H groups in total. The van der Waals surface area contributed by atoms with Gasteiger partial charge in [-0.2, -0.15) is 0 Å². The van der Waals surface area contributed by atoms with E-state index < -0.39 is 5.97 Å². The maximum absolute atomic E-state index is 11.1. The van der Waals surface area contributed by atoms with Crippen LogP contribution in [-0.4, -0.2) is 22.9 Å². The predicted molar refractivity (Wildman–Crippen MR) is 58.6 cm³/mol. The second-order valence-corrected chi connectivity index (χ2v) is 3.48. The first-order valence-electron chi connectivity index (χ1n) is 5.20. The van der Waals surface area contributed by atoms with Gasteiger partial charge in [0, 0.05) is 18.4 Å². The molecule has 1 saturated heterocycles. The number of hydrogen-bond donors (Lipinski definition) is 2. The topological polar surface area (TPSA) is 83.5 Å². The Balaban J connectivity index is 0.000000385. The van der Waals surface area contributed by atoms with E-state index in [4.69, 9.17) is 5.11 Å². The monoisotopic (exact) mass is 227 g/mol. The minimum atomic E-state index is -0.981. The molecular formula is C11H17NO4. The summed E-state index contributed by atoms with van der Waals surface area (Å²) < 4.78 is 0. The van der Waals surface area contributed by atoms with Crippen LogP contribution in [0.5, 0.6) is 0 Å². The maximum Gasteiger partial charge on any atom is 0.327 e. The van der Waals surface area contributed by atoms with E-state index >= 15 is 0 Å². The van der Waals surface area contributed by atoms with Crippen molar-refractivity contribution in [1.82, 2.24) is 5.32 Å². The molecule has 5 heteroatoms. The molecule has 90 valence electrons. The molecule has 1 heterocycles. The number of amides is 2. The summed E-state index contributed by atoms with van der Waals surface area (Å²) in [6.07, 6.45) is 3.99. The van der Waals surface area contributed by atoms with Crippen LogP contribution in [0.3, 0.4) is 0 Å². The molecule has 1 aliphatic heterocycles. The van der Waals surface area contributed by atoms with Crippen LogP contribution in [0, 0.1) is 5.92 Å². The Morgan fingerprint density at radius 2 is 2.19 bits per heavy atom. The Morgan fingerprint density at radius 1 is 1.62 bits per heavy atom. The molecule has 1 rings (SSSR count). The lowest BCUT2D eigenvalue weighted by atomic mass is 9.94. The van der Waals surface area contributed by atoms with E-state index in [1.165, 1.54) is 0 Å². The number of hydrogen-bond acceptors (Lipinski definition) is 3. The van der Waals surface area contributed by atoms with Crippen LogP contribution in [-0.2, 0) is 14.4 Å². The Hall–Kier alpha value is -1.65. The van der Waals surface area contributed by atoms with Crippen molar-refractivity contribution in [3.63, 3.8) is 0 Å². The van der Waals surface area contributed by atoms with Crippen LogP contribution < -0.4 is 5.32 Å². The van der Waals surface area contributed by atoms with Crippen molar-refractivity contribution in [3.8, 4) is 0 Å². The fraction of sp³-hybridized carbons (Fsp3) is 0.545. The lowest BCUT2D eigenvalue weighted by Crippen LogP contribution is -2.40. The smallest absolute Gasteiger partial charge is 0.327 e. The van der Waals surface area contributed by atoms with Gasteiger partial charge in [-0.25, -0.2) is 4.79 Å². The second-order valence-electron chi connectivity index (χ2n) is 3.48. The molecule has 0 radical (unpaired) electrons. The molecule has 1 fully saturated rings. The standard InChI is InChI=1S/C8H13NO2.C3H4O2/c1-2-3-6-4-5-7(10)9-8(6)11;1-2-3(4)5/h6H,2-5H2,1H3,(H,9,10,11);2H,1H2,(H,4,5). The molecule has 1 aliphatic rings. The van der Waals surface area contributed by atoms with Crippen molar-refractivity contribution in [2.45, 2.75) is 32.6 Å². The summed E-state index contributed by atoms with van der Waals surface area (Å²) >= 11 is 0. The average Bonchev–Trinajstić information content (AvgIpc) is 2.23. The average molecular weight is 227 g/mol. The van der Waals surface area contributed by atoms with Gasteiger partial charge in [-0.1, -0.05) is 19.9 Å². The molecule has 0 saturated carbocycles. The molecule has 0 aromatic carbocycles. The largest absolute Gasteiger partial charge is 0.478 e. The van der Waals surface area contributed by atoms with E-state index in [2.05, 4.69) is 11.9 Å². The van der Waals surface area contributed by atoms with E-state index in [-0.39, 0.29) is 17.7 Å². The fourth-order valence-corrected chi connectivity index (χ4v) is 1.36. The highest BCUT2D eigenvalue weighted by Crippen LogP contribution is 2.16. The third-order valence-electron chi connectivity index (χ3n) is 2.17. The third-order valence-corrected chi connectivity index (χ3v) is 2.17. The van der Waals surface area contributed by atoms with Crippen LogP contribution in [0.2, 0.25) is 0 Å². The van der Waals surface area contributed by atoms with Gasteiger partial charge in [0.1, 0.15) is 0 Å². The first kappa shape index (κ1) is 14.3. The number of carbonyl (C=O) groups is 3. The molecule has 0 aromatic rings. The van der Waals surface area contributed by atoms with Gasteiger partial charge in [0.2, 0.25) is 11.8 Å². The molecule has 0 spiro atoms. The molecular weight excluding hydrogens is 210 g/mol. The first-order valence-corrected chi connectivity index (χ1v) is 5.20. The number of carbonyl (C=O) groups excluding carboxylic acids is 2. The van der Waals surface area contributed by atoms with Crippen LogP contribution in [0.25, 0.3) is 0 Å². The Morgan fingerprint density at radius 3 is 2.56 bits per heavy atom. The van der Waals surface area contributed by atoms with Crippen LogP contribution in [0.4, 0.5) is 0 Å². The maximum atomic E-state index is 11.1. The number of piperidine rings is 1. The number of aliphatic carboxylic acids is 1. The molecule has 2 amide bonds. The summed E-state index contributed by atoms with van der Waals surface area (Å²) in [4.78, 5) is 31.0. The van der Waals surface area contributed by atoms with Gasteiger partial charge in [-0.05, 0) is 12.8 Å². The molecule has 1 atom stereocenters. The van der Waals surface area contributed by atoms with Crippen LogP contribution in [0.15, 0.2) is 12.7 Å². The molecule has 5 nitrogen and oxygen atoms in total. The molecule has 1 unspecified atom stereocenters. The highest BCUT2D eigenvalue weighted by atomic mass is 16.4. The summed E-state index contributed by atoms with van der Waals surface area (Å²) in [6.45, 7) is 5.01. The van der Waals surface area contributed by atoms with Crippen molar-refractivity contribution < 1.29 is 19.5 Å². The van der Waals surface area contributed by atoms with Crippen molar-refractivity contribution in [1.29, 1.82) is 0 Å². The Bertz CT molecular complexity index is 286. The molecule has 0 aromatic heterocycles. The van der Waals surface area contributed by atoms with Gasteiger partial charge in [0.05, 0.1) is 0 Å². The van der Waals surface area contributed by atoms with E-state index in [1.54, 1.807) is 0 Å². The Kier molecular flexibility index (Phi) is 6.83. The molecule has 0 bridgehead atoms. The minimum absolute atomic E-state index is 0.0805. The number of nitrogens with one attached hydrogen (secondary N) is 1. The Labute approximate surface area is 94.5 Å². The zero-order chi connectivity index (χ0) is 12.6.